The molecule has 0 bridgehead atoms. The molecule has 78 valence electrons. The highest BCUT2D eigenvalue weighted by Gasteiger charge is 2.20. The van der Waals surface area contributed by atoms with E-state index in [1.54, 1.807) is 13.1 Å². The molecule has 0 unspecified atom stereocenters. The Morgan fingerprint density at radius 2 is 2.43 bits per heavy atom. The third kappa shape index (κ3) is 2.48. The molecule has 1 heterocycles. The van der Waals surface area contributed by atoms with Crippen LogP contribution in [0.1, 0.15) is 26.3 Å². The quantitative estimate of drug-likeness (QED) is 0.724. The highest BCUT2D eigenvalue weighted by Crippen LogP contribution is 2.15. The molecule has 0 N–H and O–H groups in total. The van der Waals surface area contributed by atoms with Gasteiger partial charge in [0.05, 0.1) is 17.8 Å². The molecule has 1 rings (SSSR count). The summed E-state index contributed by atoms with van der Waals surface area (Å²) < 4.78 is 6.44. The number of hydrogen-bond donors (Lipinski definition) is 0. The van der Waals surface area contributed by atoms with Gasteiger partial charge in [-0.2, -0.15) is 5.10 Å². The van der Waals surface area contributed by atoms with Crippen LogP contribution in [-0.4, -0.2) is 22.4 Å². The van der Waals surface area contributed by atoms with Crippen LogP contribution < -0.4 is 0 Å². The molecule has 0 amide bonds. The SMILES string of the molecule is CCOC(=O)[C@@H](CC)n1cc(Cl)cn1. The van der Waals surface area contributed by atoms with E-state index >= 15 is 0 Å². The normalized spacial score (nSPS) is 12.5. The topological polar surface area (TPSA) is 44.1 Å². The maximum absolute atomic E-state index is 11.5. The predicted molar refractivity (Wildman–Crippen MR) is 53.2 cm³/mol. The second kappa shape index (κ2) is 5.00. The van der Waals surface area contributed by atoms with Crippen LogP contribution in [0.15, 0.2) is 12.4 Å². The number of rotatable bonds is 4. The molecule has 14 heavy (non-hydrogen) atoms. The monoisotopic (exact) mass is 216 g/mol. The Bertz CT molecular complexity index is 312. The van der Waals surface area contributed by atoms with Gasteiger partial charge in [0.15, 0.2) is 0 Å². The standard InChI is InChI=1S/C9H13ClN2O2/c1-3-8(9(13)14-4-2)12-6-7(10)5-11-12/h5-6,8H,3-4H2,1-2H3/t8-/m1/s1. The van der Waals surface area contributed by atoms with Crippen LogP contribution in [0.3, 0.4) is 0 Å². The molecular formula is C9H13ClN2O2. The van der Waals surface area contributed by atoms with Gasteiger partial charge < -0.3 is 4.74 Å². The van der Waals surface area contributed by atoms with Gasteiger partial charge in [0.25, 0.3) is 0 Å². The average molecular weight is 217 g/mol. The number of carbonyl (C=O) groups excluding carboxylic acids is 1. The van der Waals surface area contributed by atoms with Crippen LogP contribution >= 0.6 is 11.6 Å². The Kier molecular flexibility index (Phi) is 3.95. The maximum atomic E-state index is 11.5. The van der Waals surface area contributed by atoms with Gasteiger partial charge in [-0.25, -0.2) is 4.79 Å². The zero-order chi connectivity index (χ0) is 10.6. The first-order valence-electron chi connectivity index (χ1n) is 4.55. The van der Waals surface area contributed by atoms with Crippen LogP contribution in [0.25, 0.3) is 0 Å². The molecule has 1 aromatic heterocycles. The predicted octanol–water partition coefficient (Wildman–Crippen LogP) is 2.05. The number of halogens is 1. The van der Waals surface area contributed by atoms with Gasteiger partial charge in [-0.15, -0.1) is 0 Å². The first-order chi connectivity index (χ1) is 6.69. The van der Waals surface area contributed by atoms with Gasteiger partial charge in [0, 0.05) is 6.20 Å². The van der Waals surface area contributed by atoms with Crippen molar-refractivity contribution in [2.45, 2.75) is 26.3 Å². The second-order valence-electron chi connectivity index (χ2n) is 2.81. The Morgan fingerprint density at radius 3 is 2.86 bits per heavy atom. The number of hydrogen-bond acceptors (Lipinski definition) is 3. The Hall–Kier alpha value is -1.03. The van der Waals surface area contributed by atoms with E-state index < -0.39 is 0 Å². The third-order valence-corrected chi connectivity index (χ3v) is 2.03. The first kappa shape index (κ1) is 11.0. The van der Waals surface area contributed by atoms with Crippen molar-refractivity contribution in [3.8, 4) is 0 Å². The van der Waals surface area contributed by atoms with E-state index in [0.717, 1.165) is 0 Å². The number of nitrogens with zero attached hydrogens (tertiary/aromatic N) is 2. The third-order valence-electron chi connectivity index (χ3n) is 1.83. The van der Waals surface area contributed by atoms with E-state index in [1.807, 2.05) is 6.92 Å². The molecule has 0 spiro atoms. The molecule has 0 saturated carbocycles. The summed E-state index contributed by atoms with van der Waals surface area (Å²) in [6, 6.07) is -0.373. The van der Waals surface area contributed by atoms with E-state index in [4.69, 9.17) is 16.3 Å². The minimum Gasteiger partial charge on any atom is -0.464 e. The summed E-state index contributed by atoms with van der Waals surface area (Å²) in [5.41, 5.74) is 0. The Balaban J connectivity index is 2.76. The number of esters is 1. The van der Waals surface area contributed by atoms with Gasteiger partial charge in [-0.1, -0.05) is 18.5 Å². The van der Waals surface area contributed by atoms with Crippen molar-refractivity contribution in [3.63, 3.8) is 0 Å². The van der Waals surface area contributed by atoms with Crippen molar-refractivity contribution in [3.05, 3.63) is 17.4 Å². The molecule has 0 aliphatic rings. The van der Waals surface area contributed by atoms with Crippen molar-refractivity contribution < 1.29 is 9.53 Å². The summed E-state index contributed by atoms with van der Waals surface area (Å²) >= 11 is 5.71. The molecule has 4 nitrogen and oxygen atoms in total. The van der Waals surface area contributed by atoms with Gasteiger partial charge in [-0.05, 0) is 13.3 Å². The summed E-state index contributed by atoms with van der Waals surface area (Å²) in [7, 11) is 0. The minimum absolute atomic E-state index is 0.269. The van der Waals surface area contributed by atoms with Crippen LogP contribution in [-0.2, 0) is 9.53 Å². The van der Waals surface area contributed by atoms with Crippen LogP contribution in [0.5, 0.6) is 0 Å². The zero-order valence-corrected chi connectivity index (χ0v) is 8.99. The molecule has 0 fully saturated rings. The second-order valence-corrected chi connectivity index (χ2v) is 3.25. The van der Waals surface area contributed by atoms with Crippen molar-refractivity contribution >= 4 is 17.6 Å². The fraction of sp³-hybridized carbons (Fsp3) is 0.556. The van der Waals surface area contributed by atoms with Crippen molar-refractivity contribution in [2.75, 3.05) is 6.61 Å². The molecule has 0 radical (unpaired) electrons. The fourth-order valence-corrected chi connectivity index (χ4v) is 1.33. The van der Waals surface area contributed by atoms with Crippen molar-refractivity contribution in [1.82, 2.24) is 9.78 Å². The van der Waals surface area contributed by atoms with Gasteiger partial charge >= 0.3 is 5.97 Å². The van der Waals surface area contributed by atoms with Crippen LogP contribution in [0.2, 0.25) is 5.02 Å². The lowest BCUT2D eigenvalue weighted by Gasteiger charge is -2.13. The molecular weight excluding hydrogens is 204 g/mol. The van der Waals surface area contributed by atoms with E-state index in [-0.39, 0.29) is 12.0 Å². The maximum Gasteiger partial charge on any atom is 0.330 e. The minimum atomic E-state index is -0.373. The highest BCUT2D eigenvalue weighted by atomic mass is 35.5. The fourth-order valence-electron chi connectivity index (χ4n) is 1.19. The van der Waals surface area contributed by atoms with E-state index in [9.17, 15) is 4.79 Å². The van der Waals surface area contributed by atoms with Crippen molar-refractivity contribution in [2.24, 2.45) is 0 Å². The lowest BCUT2D eigenvalue weighted by molar-refractivity contribution is -0.147. The average Bonchev–Trinajstić information content (AvgIpc) is 2.54. The number of ether oxygens (including phenoxy) is 1. The summed E-state index contributed by atoms with van der Waals surface area (Å²) in [5, 5.41) is 4.50. The Labute approximate surface area is 87.8 Å². The molecule has 5 heteroatoms. The summed E-state index contributed by atoms with van der Waals surface area (Å²) in [6.07, 6.45) is 3.76. The Morgan fingerprint density at radius 1 is 1.71 bits per heavy atom. The van der Waals surface area contributed by atoms with Crippen LogP contribution in [0, 0.1) is 0 Å². The molecule has 1 atom stereocenters. The van der Waals surface area contributed by atoms with Gasteiger partial charge in [-0.3, -0.25) is 4.68 Å². The van der Waals surface area contributed by atoms with Gasteiger partial charge in [0.2, 0.25) is 0 Å². The largest absolute Gasteiger partial charge is 0.464 e. The van der Waals surface area contributed by atoms with E-state index in [1.165, 1.54) is 10.9 Å². The van der Waals surface area contributed by atoms with Crippen LogP contribution in [0.4, 0.5) is 0 Å². The van der Waals surface area contributed by atoms with E-state index in [0.29, 0.717) is 18.1 Å². The molecule has 0 aliphatic carbocycles. The lowest BCUT2D eigenvalue weighted by Crippen LogP contribution is -2.21. The summed E-state index contributed by atoms with van der Waals surface area (Å²) in [5.74, 6) is -0.269. The smallest absolute Gasteiger partial charge is 0.330 e. The van der Waals surface area contributed by atoms with E-state index in [2.05, 4.69) is 5.10 Å². The highest BCUT2D eigenvalue weighted by molar-refractivity contribution is 6.30. The van der Waals surface area contributed by atoms with Gasteiger partial charge in [0.1, 0.15) is 6.04 Å². The first-order valence-corrected chi connectivity index (χ1v) is 4.93. The summed E-state index contributed by atoms with van der Waals surface area (Å²) in [6.45, 7) is 4.06. The number of carbonyl (C=O) groups is 1. The molecule has 0 aromatic carbocycles. The summed E-state index contributed by atoms with van der Waals surface area (Å²) in [4.78, 5) is 11.5. The lowest BCUT2D eigenvalue weighted by atomic mass is 10.2. The molecule has 1 aromatic rings. The molecule has 0 saturated heterocycles. The van der Waals surface area contributed by atoms with Crippen molar-refractivity contribution in [1.29, 1.82) is 0 Å². The zero-order valence-electron chi connectivity index (χ0n) is 8.24. The number of aromatic nitrogens is 2. The molecule has 0 aliphatic heterocycles.